The lowest BCUT2D eigenvalue weighted by atomic mass is 10.0. The van der Waals surface area contributed by atoms with Gasteiger partial charge in [0.25, 0.3) is 0 Å². The maximum atomic E-state index is 13.3. The molecule has 0 radical (unpaired) electrons. The van der Waals surface area contributed by atoms with Crippen molar-refractivity contribution < 1.29 is 38.2 Å². The summed E-state index contributed by atoms with van der Waals surface area (Å²) >= 11 is 0. The second-order valence-corrected chi connectivity index (χ2v) is 12.7. The molecule has 12 heteroatoms. The van der Waals surface area contributed by atoms with E-state index >= 15 is 0 Å². The molecule has 0 spiro atoms. The lowest BCUT2D eigenvalue weighted by Gasteiger charge is -2.27. The van der Waals surface area contributed by atoms with Crippen LogP contribution >= 0.6 is 0 Å². The van der Waals surface area contributed by atoms with Gasteiger partial charge in [-0.1, -0.05) is 80.9 Å². The summed E-state index contributed by atoms with van der Waals surface area (Å²) in [5.74, 6) is -2.03. The third-order valence-electron chi connectivity index (χ3n) is 6.75. The Morgan fingerprint density at radius 1 is 0.787 bits per heavy atom. The van der Waals surface area contributed by atoms with Gasteiger partial charge in [0, 0.05) is 25.9 Å². The van der Waals surface area contributed by atoms with Crippen LogP contribution in [0.15, 0.2) is 60.7 Å². The molecule has 0 heterocycles. The number of carbonyl (C=O) groups is 5. The number of rotatable bonds is 18. The molecule has 0 saturated carbocycles. The third-order valence-corrected chi connectivity index (χ3v) is 6.75. The first-order valence-corrected chi connectivity index (χ1v) is 15.9. The third kappa shape index (κ3) is 17.2. The van der Waals surface area contributed by atoms with Crippen molar-refractivity contribution in [1.82, 2.24) is 21.1 Å². The molecule has 0 bridgehead atoms. The molecule has 3 N–H and O–H groups in total. The van der Waals surface area contributed by atoms with E-state index in [1.807, 2.05) is 60.7 Å². The van der Waals surface area contributed by atoms with Gasteiger partial charge in [0.2, 0.25) is 11.8 Å². The average Bonchev–Trinajstić information content (AvgIpc) is 2.99. The second-order valence-electron chi connectivity index (χ2n) is 12.7. The smallest absolute Gasteiger partial charge is 0.408 e. The van der Waals surface area contributed by atoms with E-state index in [4.69, 9.17) is 14.2 Å². The largest absolute Gasteiger partial charge is 0.461 e. The Hall–Kier alpha value is -4.45. The van der Waals surface area contributed by atoms with E-state index in [9.17, 15) is 24.0 Å². The zero-order valence-electron chi connectivity index (χ0n) is 28.4. The van der Waals surface area contributed by atoms with Crippen LogP contribution in [0.5, 0.6) is 0 Å². The Morgan fingerprint density at radius 3 is 1.87 bits per heavy atom. The van der Waals surface area contributed by atoms with Crippen molar-refractivity contribution in [3.8, 4) is 0 Å². The minimum atomic E-state index is -0.912. The highest BCUT2D eigenvalue weighted by Gasteiger charge is 2.29. The Kier molecular flexibility index (Phi) is 16.4. The first-order chi connectivity index (χ1) is 22.2. The summed E-state index contributed by atoms with van der Waals surface area (Å²) in [4.78, 5) is 63.3. The van der Waals surface area contributed by atoms with Crippen LogP contribution in [0.1, 0.15) is 77.8 Å². The van der Waals surface area contributed by atoms with Gasteiger partial charge in [-0.15, -0.1) is 0 Å². The monoisotopic (exact) mass is 654 g/mol. The van der Waals surface area contributed by atoms with E-state index in [0.29, 0.717) is 19.3 Å². The van der Waals surface area contributed by atoms with Crippen LogP contribution in [-0.2, 0) is 46.6 Å². The number of unbranched alkanes of at least 4 members (excludes halogenated alkanes) is 1. The van der Waals surface area contributed by atoms with E-state index in [1.54, 1.807) is 34.6 Å². The lowest BCUT2D eigenvalue weighted by molar-refractivity contribution is -0.147. The summed E-state index contributed by atoms with van der Waals surface area (Å²) in [5, 5.41) is 6.83. The van der Waals surface area contributed by atoms with Gasteiger partial charge in [0.1, 0.15) is 31.4 Å². The Morgan fingerprint density at radius 2 is 1.34 bits per heavy atom. The van der Waals surface area contributed by atoms with Crippen LogP contribution < -0.4 is 16.1 Å². The molecule has 3 amide bonds. The predicted molar refractivity (Wildman–Crippen MR) is 176 cm³/mol. The lowest BCUT2D eigenvalue weighted by Crippen LogP contribution is -2.54. The average molecular weight is 655 g/mol. The summed E-state index contributed by atoms with van der Waals surface area (Å²) in [5.41, 5.74) is 3.63. The molecule has 0 aliphatic heterocycles. The summed E-state index contributed by atoms with van der Waals surface area (Å²) in [6, 6.07) is 17.1. The van der Waals surface area contributed by atoms with Gasteiger partial charge < -0.3 is 24.8 Å². The summed E-state index contributed by atoms with van der Waals surface area (Å²) < 4.78 is 15.9. The number of carbonyl (C=O) groups excluding carboxylic acids is 5. The van der Waals surface area contributed by atoms with Crippen LogP contribution in [0, 0.1) is 5.92 Å². The number of ether oxygens (including phenoxy) is 3. The molecule has 2 aromatic carbocycles. The minimum Gasteiger partial charge on any atom is -0.461 e. The summed E-state index contributed by atoms with van der Waals surface area (Å²) in [6.07, 6.45) is 0.735. The topological polar surface area (TPSA) is 152 Å². The first-order valence-electron chi connectivity index (χ1n) is 15.9. The molecular weight excluding hydrogens is 604 g/mol. The van der Waals surface area contributed by atoms with Gasteiger partial charge in [0.15, 0.2) is 0 Å². The van der Waals surface area contributed by atoms with Crippen molar-refractivity contribution in [1.29, 1.82) is 0 Å². The normalized spacial score (nSPS) is 12.5. The van der Waals surface area contributed by atoms with Crippen LogP contribution in [0.3, 0.4) is 0 Å². The van der Waals surface area contributed by atoms with Crippen molar-refractivity contribution in [2.45, 2.75) is 97.6 Å². The highest BCUT2D eigenvalue weighted by Crippen LogP contribution is 2.13. The van der Waals surface area contributed by atoms with Gasteiger partial charge in [0.05, 0.1) is 0 Å². The fraction of sp³-hybridized carbons (Fsp3) is 0.514. The molecule has 0 aromatic heterocycles. The number of alkyl carbamates (subject to hydrolysis) is 1. The van der Waals surface area contributed by atoms with Crippen molar-refractivity contribution in [3.63, 3.8) is 0 Å². The molecular formula is C35H50N4O8. The highest BCUT2D eigenvalue weighted by molar-refractivity contribution is 5.87. The van der Waals surface area contributed by atoms with E-state index in [-0.39, 0.29) is 44.5 Å². The van der Waals surface area contributed by atoms with Crippen LogP contribution in [0.2, 0.25) is 0 Å². The number of benzene rings is 2. The van der Waals surface area contributed by atoms with Crippen LogP contribution in [-0.4, -0.2) is 66.1 Å². The van der Waals surface area contributed by atoms with Crippen LogP contribution in [0.25, 0.3) is 0 Å². The number of hydrazine groups is 1. The quantitative estimate of drug-likeness (QED) is 0.0918. The zero-order chi connectivity index (χ0) is 34.8. The standard InChI is InChI=1S/C35H50N4O8/c1-25(2)32(37-34(44)47-35(3,4)5)33(43)36-28(19-13-14-20-30(41)45-23-26-15-9-7-10-16-26)21-29(40)38-39(6)22-31(42)46-24-27-17-11-8-12-18-27/h7-12,15-18,25,28,32H,13-14,19-24H2,1-6H3,(H,36,43)(H,37,44)(H,38,40)/t28-,32-/m0/s1. The molecule has 12 nitrogen and oxygen atoms in total. The Labute approximate surface area is 277 Å². The molecule has 2 rings (SSSR count). The number of amides is 3. The fourth-order valence-corrected chi connectivity index (χ4v) is 4.46. The summed E-state index contributed by atoms with van der Waals surface area (Å²) in [6.45, 7) is 8.87. The Bertz CT molecular complexity index is 1280. The van der Waals surface area contributed by atoms with Crippen LogP contribution in [0.4, 0.5) is 4.79 Å². The number of hydrogen-bond acceptors (Lipinski definition) is 9. The van der Waals surface area contributed by atoms with Gasteiger partial charge in [-0.2, -0.15) is 0 Å². The molecule has 258 valence electrons. The number of likely N-dealkylation sites (N-methyl/N-ethyl adjacent to an activating group) is 1. The summed E-state index contributed by atoms with van der Waals surface area (Å²) in [7, 11) is 1.54. The molecule has 47 heavy (non-hydrogen) atoms. The number of nitrogens with one attached hydrogen (secondary N) is 3. The van der Waals surface area contributed by atoms with Gasteiger partial charge in [-0.3, -0.25) is 24.6 Å². The van der Waals surface area contributed by atoms with Gasteiger partial charge >= 0.3 is 18.0 Å². The maximum Gasteiger partial charge on any atom is 0.408 e. The first kappa shape index (κ1) is 38.7. The molecule has 2 aromatic rings. The zero-order valence-corrected chi connectivity index (χ0v) is 28.4. The van der Waals surface area contributed by atoms with Gasteiger partial charge in [-0.05, 0) is 50.7 Å². The fourth-order valence-electron chi connectivity index (χ4n) is 4.46. The number of esters is 2. The predicted octanol–water partition coefficient (Wildman–Crippen LogP) is 4.42. The number of hydrogen-bond donors (Lipinski definition) is 3. The van der Waals surface area contributed by atoms with Crippen molar-refractivity contribution >= 4 is 29.8 Å². The molecule has 0 unspecified atom stereocenters. The van der Waals surface area contributed by atoms with E-state index < -0.39 is 41.6 Å². The molecule has 0 aliphatic carbocycles. The van der Waals surface area contributed by atoms with Crippen molar-refractivity contribution in [2.75, 3.05) is 13.6 Å². The van der Waals surface area contributed by atoms with Crippen molar-refractivity contribution in [2.24, 2.45) is 5.92 Å². The molecule has 2 atom stereocenters. The molecule has 0 aliphatic rings. The highest BCUT2D eigenvalue weighted by atomic mass is 16.6. The van der Waals surface area contributed by atoms with Crippen molar-refractivity contribution in [3.05, 3.63) is 71.8 Å². The SMILES string of the molecule is CC(C)[C@H](NC(=O)OC(C)(C)C)C(=O)N[C@@H](CCCCC(=O)OCc1ccccc1)CC(=O)NN(C)CC(=O)OCc1ccccc1. The Balaban J connectivity index is 1.95. The number of nitrogens with zero attached hydrogens (tertiary/aromatic N) is 1. The second kappa shape index (κ2) is 19.9. The molecule has 0 saturated heterocycles. The molecule has 0 fully saturated rings. The maximum absolute atomic E-state index is 13.3. The van der Waals surface area contributed by atoms with Gasteiger partial charge in [-0.25, -0.2) is 9.80 Å². The van der Waals surface area contributed by atoms with E-state index in [2.05, 4.69) is 16.1 Å². The minimum absolute atomic E-state index is 0.106. The van der Waals surface area contributed by atoms with E-state index in [0.717, 1.165) is 11.1 Å². The van der Waals surface area contributed by atoms with E-state index in [1.165, 1.54) is 12.1 Å².